The zero-order valence-corrected chi connectivity index (χ0v) is 13.0. The fourth-order valence-electron chi connectivity index (χ4n) is 1.77. The van der Waals surface area contributed by atoms with Gasteiger partial charge in [0.25, 0.3) is 0 Å². The minimum atomic E-state index is -0.448. The molecule has 0 N–H and O–H groups in total. The van der Waals surface area contributed by atoms with Gasteiger partial charge in [0.05, 0.1) is 11.5 Å². The summed E-state index contributed by atoms with van der Waals surface area (Å²) in [6, 6.07) is 11.8. The van der Waals surface area contributed by atoms with Gasteiger partial charge in [-0.25, -0.2) is 0 Å². The number of rotatable bonds is 6. The number of nitro benzene ring substituents is 1. The summed E-state index contributed by atoms with van der Waals surface area (Å²) < 4.78 is 10.9. The van der Waals surface area contributed by atoms with Gasteiger partial charge in [-0.1, -0.05) is 22.0 Å². The maximum atomic E-state index is 11.1. The van der Waals surface area contributed by atoms with Crippen molar-refractivity contribution in [3.05, 3.63) is 58.1 Å². The first-order valence-corrected chi connectivity index (χ1v) is 7.50. The van der Waals surface area contributed by atoms with Crippen LogP contribution in [0, 0.1) is 10.1 Å². The van der Waals surface area contributed by atoms with E-state index in [0.717, 1.165) is 11.3 Å². The molecule has 0 aliphatic carbocycles. The van der Waals surface area contributed by atoms with Gasteiger partial charge >= 0.3 is 5.69 Å². The summed E-state index contributed by atoms with van der Waals surface area (Å²) in [7, 11) is 0. The zero-order valence-electron chi connectivity index (χ0n) is 11.4. The molecule has 0 fully saturated rings. The van der Waals surface area contributed by atoms with Crippen LogP contribution in [0.15, 0.2) is 42.5 Å². The van der Waals surface area contributed by atoms with E-state index < -0.39 is 4.92 Å². The van der Waals surface area contributed by atoms with Crippen LogP contribution in [0.2, 0.25) is 0 Å². The molecule has 0 amide bonds. The monoisotopic (exact) mass is 351 g/mol. The standard InChI is InChI=1S/C15H14BrNO4/c1-2-20-12-4-6-13(7-5-12)21-15-8-3-11(10-16)9-14(15)17(18)19/h3-9H,2,10H2,1H3. The molecule has 0 atom stereocenters. The van der Waals surface area contributed by atoms with Gasteiger partial charge in [0.2, 0.25) is 5.75 Å². The summed E-state index contributed by atoms with van der Waals surface area (Å²) >= 11 is 3.28. The van der Waals surface area contributed by atoms with Gasteiger partial charge in [-0.2, -0.15) is 0 Å². The van der Waals surface area contributed by atoms with Crippen molar-refractivity contribution >= 4 is 21.6 Å². The minimum absolute atomic E-state index is 0.0548. The molecule has 2 aromatic rings. The van der Waals surface area contributed by atoms with Crippen molar-refractivity contribution in [2.24, 2.45) is 0 Å². The van der Waals surface area contributed by atoms with Crippen molar-refractivity contribution in [2.45, 2.75) is 12.3 Å². The first-order valence-electron chi connectivity index (χ1n) is 6.38. The summed E-state index contributed by atoms with van der Waals surface area (Å²) in [6.45, 7) is 2.49. The molecule has 5 nitrogen and oxygen atoms in total. The Bertz CT molecular complexity index is 628. The Morgan fingerprint density at radius 1 is 1.14 bits per heavy atom. The highest BCUT2D eigenvalue weighted by atomic mass is 79.9. The molecule has 0 radical (unpaired) electrons. The second kappa shape index (κ2) is 7.08. The van der Waals surface area contributed by atoms with Crippen LogP contribution in [0.5, 0.6) is 17.2 Å². The maximum absolute atomic E-state index is 11.1. The first kappa shape index (κ1) is 15.3. The summed E-state index contributed by atoms with van der Waals surface area (Å²) in [6.07, 6.45) is 0. The molecule has 6 heteroatoms. The molecule has 0 spiro atoms. The maximum Gasteiger partial charge on any atom is 0.311 e. The minimum Gasteiger partial charge on any atom is -0.494 e. The third-order valence-electron chi connectivity index (χ3n) is 2.74. The summed E-state index contributed by atoms with van der Waals surface area (Å²) in [5.74, 6) is 1.47. The highest BCUT2D eigenvalue weighted by Crippen LogP contribution is 2.33. The molecule has 0 saturated heterocycles. The van der Waals surface area contributed by atoms with Gasteiger partial charge in [-0.3, -0.25) is 10.1 Å². The lowest BCUT2D eigenvalue weighted by atomic mass is 10.2. The highest BCUT2D eigenvalue weighted by Gasteiger charge is 2.16. The van der Waals surface area contributed by atoms with E-state index in [1.54, 1.807) is 36.4 Å². The number of alkyl halides is 1. The van der Waals surface area contributed by atoms with E-state index in [0.29, 0.717) is 17.7 Å². The third-order valence-corrected chi connectivity index (χ3v) is 3.38. The number of nitro groups is 1. The largest absolute Gasteiger partial charge is 0.494 e. The summed E-state index contributed by atoms with van der Waals surface area (Å²) in [4.78, 5) is 10.7. The van der Waals surface area contributed by atoms with Gasteiger partial charge in [0, 0.05) is 11.4 Å². The van der Waals surface area contributed by atoms with Crippen LogP contribution in [-0.2, 0) is 5.33 Å². The molecule has 110 valence electrons. The van der Waals surface area contributed by atoms with Crippen molar-refractivity contribution in [1.82, 2.24) is 0 Å². The normalized spacial score (nSPS) is 10.2. The van der Waals surface area contributed by atoms with E-state index in [9.17, 15) is 10.1 Å². The smallest absolute Gasteiger partial charge is 0.311 e. The van der Waals surface area contributed by atoms with Crippen molar-refractivity contribution in [3.63, 3.8) is 0 Å². The predicted molar refractivity (Wildman–Crippen MR) is 83.4 cm³/mol. The van der Waals surface area contributed by atoms with E-state index in [1.165, 1.54) is 6.07 Å². The van der Waals surface area contributed by atoms with Crippen LogP contribution in [0.3, 0.4) is 0 Å². The van der Waals surface area contributed by atoms with Crippen molar-refractivity contribution < 1.29 is 14.4 Å². The quantitative estimate of drug-likeness (QED) is 0.430. The zero-order chi connectivity index (χ0) is 15.2. The number of ether oxygens (including phenoxy) is 2. The lowest BCUT2D eigenvalue weighted by Crippen LogP contribution is -1.95. The SMILES string of the molecule is CCOc1ccc(Oc2ccc(CBr)cc2[N+](=O)[O-])cc1. The molecule has 0 heterocycles. The molecular formula is C15H14BrNO4. The Morgan fingerprint density at radius 2 is 1.81 bits per heavy atom. The van der Waals surface area contributed by atoms with E-state index in [4.69, 9.17) is 9.47 Å². The number of benzene rings is 2. The molecule has 0 saturated carbocycles. The molecule has 0 bridgehead atoms. The number of hydrogen-bond donors (Lipinski definition) is 0. The molecular weight excluding hydrogens is 338 g/mol. The van der Waals surface area contributed by atoms with Gasteiger partial charge in [0.1, 0.15) is 11.5 Å². The van der Waals surface area contributed by atoms with Crippen molar-refractivity contribution in [3.8, 4) is 17.2 Å². The number of halogens is 1. The second-order valence-electron chi connectivity index (χ2n) is 4.20. The van der Waals surface area contributed by atoms with Crippen molar-refractivity contribution in [1.29, 1.82) is 0 Å². The average molecular weight is 352 g/mol. The topological polar surface area (TPSA) is 61.6 Å². The molecule has 2 rings (SSSR count). The Balaban J connectivity index is 2.24. The Hall–Kier alpha value is -2.08. The summed E-state index contributed by atoms with van der Waals surface area (Å²) in [5, 5.41) is 11.7. The second-order valence-corrected chi connectivity index (χ2v) is 4.76. The molecule has 0 unspecified atom stereocenters. The molecule has 0 aromatic heterocycles. The van der Waals surface area contributed by atoms with Crippen LogP contribution in [0.25, 0.3) is 0 Å². The average Bonchev–Trinajstić information content (AvgIpc) is 2.49. The first-order chi connectivity index (χ1) is 10.1. The van der Waals surface area contributed by atoms with Crippen LogP contribution in [-0.4, -0.2) is 11.5 Å². The van der Waals surface area contributed by atoms with E-state index in [1.807, 2.05) is 6.92 Å². The van der Waals surface area contributed by atoms with Crippen LogP contribution in [0.4, 0.5) is 5.69 Å². The van der Waals surface area contributed by atoms with Gasteiger partial charge in [-0.05, 0) is 42.8 Å². The number of hydrogen-bond acceptors (Lipinski definition) is 4. The van der Waals surface area contributed by atoms with Gasteiger partial charge in [0.15, 0.2) is 0 Å². The van der Waals surface area contributed by atoms with E-state index in [-0.39, 0.29) is 11.4 Å². The third kappa shape index (κ3) is 3.95. The predicted octanol–water partition coefficient (Wildman–Crippen LogP) is 4.68. The molecule has 0 aliphatic rings. The molecule has 21 heavy (non-hydrogen) atoms. The van der Waals surface area contributed by atoms with Crippen molar-refractivity contribution in [2.75, 3.05) is 6.61 Å². The highest BCUT2D eigenvalue weighted by molar-refractivity contribution is 9.08. The van der Waals surface area contributed by atoms with Crippen LogP contribution in [0.1, 0.15) is 12.5 Å². The van der Waals surface area contributed by atoms with Crippen LogP contribution < -0.4 is 9.47 Å². The van der Waals surface area contributed by atoms with E-state index in [2.05, 4.69) is 15.9 Å². The lowest BCUT2D eigenvalue weighted by molar-refractivity contribution is -0.385. The molecule has 0 aliphatic heterocycles. The fraction of sp³-hybridized carbons (Fsp3) is 0.200. The van der Waals surface area contributed by atoms with Gasteiger partial charge < -0.3 is 9.47 Å². The lowest BCUT2D eigenvalue weighted by Gasteiger charge is -2.08. The van der Waals surface area contributed by atoms with Gasteiger partial charge in [-0.15, -0.1) is 0 Å². The van der Waals surface area contributed by atoms with Crippen LogP contribution >= 0.6 is 15.9 Å². The Morgan fingerprint density at radius 3 is 2.38 bits per heavy atom. The number of nitrogens with zero attached hydrogens (tertiary/aromatic N) is 1. The Kier molecular flexibility index (Phi) is 5.16. The fourth-order valence-corrected chi connectivity index (χ4v) is 2.12. The molecule has 2 aromatic carbocycles. The summed E-state index contributed by atoms with van der Waals surface area (Å²) in [5.41, 5.74) is 0.765. The van der Waals surface area contributed by atoms with E-state index >= 15 is 0 Å². The Labute approximate surface area is 130 Å².